The second-order valence-corrected chi connectivity index (χ2v) is 14.5. The van der Waals surface area contributed by atoms with E-state index in [1.807, 2.05) is 18.2 Å². The highest BCUT2D eigenvalue weighted by Gasteiger charge is 2.40. The molecule has 0 saturated carbocycles. The Balaban J connectivity index is 0.823. The molecule has 3 fully saturated rings. The molecule has 4 heterocycles. The Morgan fingerprint density at radius 1 is 0.873 bits per heavy atom. The van der Waals surface area contributed by atoms with E-state index < -0.39 is 40.9 Å². The Hall–Kier alpha value is -5.23. The van der Waals surface area contributed by atoms with Crippen LogP contribution in [0.25, 0.3) is 0 Å². The molecule has 290 valence electrons. The molecule has 3 saturated heterocycles. The highest BCUT2D eigenvalue weighted by atomic mass is 19.4. The van der Waals surface area contributed by atoms with Crippen molar-refractivity contribution in [3.05, 3.63) is 88.0 Å². The molecule has 4 aliphatic rings. The lowest BCUT2D eigenvalue weighted by Gasteiger charge is -2.36. The van der Waals surface area contributed by atoms with Crippen molar-refractivity contribution in [3.63, 3.8) is 0 Å². The average Bonchev–Trinajstić information content (AvgIpc) is 3.49. The molecule has 3 amide bonds. The minimum Gasteiger partial charge on any atom is -0.493 e. The number of halogens is 5. The maximum absolute atomic E-state index is 15.2. The van der Waals surface area contributed by atoms with Crippen LogP contribution < -0.4 is 19.9 Å². The summed E-state index contributed by atoms with van der Waals surface area (Å²) in [5, 5.41) is 11.4. The summed E-state index contributed by atoms with van der Waals surface area (Å²) < 4.78 is 76.4. The number of anilines is 2. The van der Waals surface area contributed by atoms with Crippen molar-refractivity contribution in [3.8, 4) is 11.8 Å². The van der Waals surface area contributed by atoms with Crippen LogP contribution in [0.5, 0.6) is 5.75 Å². The predicted molar refractivity (Wildman–Crippen MR) is 193 cm³/mol. The van der Waals surface area contributed by atoms with Crippen LogP contribution in [0, 0.1) is 23.0 Å². The van der Waals surface area contributed by atoms with Crippen LogP contribution in [0.1, 0.15) is 77.1 Å². The fraction of sp³-hybridized carbons (Fsp3) is 0.450. The van der Waals surface area contributed by atoms with Crippen molar-refractivity contribution in [1.82, 2.24) is 15.1 Å². The monoisotopic (exact) mass is 764 g/mol. The SMILES string of the molecule is N#Cc1ccc(N2CCC(c3ccc(OCCCCN4CCN(c5ccc6c(c5)CN(C5CCC(=O)NC5=O)C6=O)CC4)cc3F)CC2)c(F)c1C(F)(F)F. The summed E-state index contributed by atoms with van der Waals surface area (Å²) in [7, 11) is 0. The number of piperidine rings is 2. The van der Waals surface area contributed by atoms with Crippen molar-refractivity contribution in [2.24, 2.45) is 0 Å². The molecule has 7 rings (SSSR count). The molecular formula is C40H41F5N6O4. The molecular weight excluding hydrogens is 723 g/mol. The Morgan fingerprint density at radius 2 is 1.64 bits per heavy atom. The third-order valence-corrected chi connectivity index (χ3v) is 11.2. The van der Waals surface area contributed by atoms with Crippen LogP contribution in [0.3, 0.4) is 0 Å². The standard InChI is InChI=1S/C40H41F5N6O4/c41-32-22-29(5-7-30(32)25-11-14-50(15-12-25)33-8-3-26(23-46)36(37(33)42)40(43,44)45)55-20-2-1-13-48-16-18-49(19-17-48)28-4-6-31-27(21-28)24-51(39(31)54)34-9-10-35(52)47-38(34)53/h3-8,21-22,25,34H,1-2,9-20,24H2,(H,47,52,53). The summed E-state index contributed by atoms with van der Waals surface area (Å²) in [5.41, 5.74) is 0.471. The van der Waals surface area contributed by atoms with E-state index in [4.69, 9.17) is 10.00 Å². The highest BCUT2D eigenvalue weighted by Crippen LogP contribution is 2.40. The molecule has 55 heavy (non-hydrogen) atoms. The van der Waals surface area contributed by atoms with E-state index in [1.165, 1.54) is 23.1 Å². The summed E-state index contributed by atoms with van der Waals surface area (Å²) in [5.74, 6) is -2.56. The number of nitrogens with one attached hydrogen (secondary N) is 1. The molecule has 1 unspecified atom stereocenters. The second-order valence-electron chi connectivity index (χ2n) is 14.5. The lowest BCUT2D eigenvalue weighted by Crippen LogP contribution is -2.52. The number of carbonyl (C=O) groups is 3. The van der Waals surface area contributed by atoms with E-state index in [2.05, 4.69) is 15.1 Å². The van der Waals surface area contributed by atoms with E-state index in [0.717, 1.165) is 62.9 Å². The van der Waals surface area contributed by atoms with Crippen LogP contribution in [-0.2, 0) is 22.3 Å². The van der Waals surface area contributed by atoms with Gasteiger partial charge in [-0.1, -0.05) is 6.07 Å². The molecule has 3 aromatic carbocycles. The van der Waals surface area contributed by atoms with Crippen molar-refractivity contribution in [1.29, 1.82) is 5.26 Å². The number of nitriles is 1. The quantitative estimate of drug-likeness (QED) is 0.153. The number of ether oxygens (including phenoxy) is 1. The molecule has 0 aliphatic carbocycles. The van der Waals surface area contributed by atoms with Crippen LogP contribution in [0.4, 0.5) is 33.3 Å². The topological polar surface area (TPSA) is 109 Å². The first-order chi connectivity index (χ1) is 26.4. The Labute approximate surface area is 315 Å². The fourth-order valence-corrected chi connectivity index (χ4v) is 8.15. The zero-order valence-electron chi connectivity index (χ0n) is 30.1. The number of rotatable bonds is 10. The molecule has 3 aromatic rings. The van der Waals surface area contributed by atoms with Crippen LogP contribution in [-0.4, -0.2) is 86.0 Å². The second kappa shape index (κ2) is 15.9. The van der Waals surface area contributed by atoms with Crippen molar-refractivity contribution in [2.75, 3.05) is 62.2 Å². The molecule has 1 N–H and O–H groups in total. The number of hydrogen-bond donors (Lipinski definition) is 1. The van der Waals surface area contributed by atoms with Gasteiger partial charge in [-0.25, -0.2) is 8.78 Å². The first-order valence-electron chi connectivity index (χ1n) is 18.6. The summed E-state index contributed by atoms with van der Waals surface area (Å²) in [4.78, 5) is 44.7. The molecule has 0 bridgehead atoms. The maximum atomic E-state index is 15.2. The van der Waals surface area contributed by atoms with E-state index in [-0.39, 0.29) is 42.9 Å². The lowest BCUT2D eigenvalue weighted by molar-refractivity contribution is -0.140. The molecule has 0 aromatic heterocycles. The Bertz CT molecular complexity index is 2000. The normalized spacial score (nSPS) is 19.7. The van der Waals surface area contributed by atoms with Gasteiger partial charge >= 0.3 is 6.18 Å². The molecule has 4 aliphatic heterocycles. The van der Waals surface area contributed by atoms with Gasteiger partial charge in [-0.15, -0.1) is 0 Å². The lowest BCUT2D eigenvalue weighted by atomic mass is 9.88. The Morgan fingerprint density at radius 3 is 2.33 bits per heavy atom. The number of fused-ring (bicyclic) bond motifs is 1. The van der Waals surface area contributed by atoms with Crippen LogP contribution in [0.15, 0.2) is 48.5 Å². The van der Waals surface area contributed by atoms with Crippen LogP contribution >= 0.6 is 0 Å². The summed E-state index contributed by atoms with van der Waals surface area (Å²) >= 11 is 0. The third-order valence-electron chi connectivity index (χ3n) is 11.2. The fourth-order valence-electron chi connectivity index (χ4n) is 8.15. The van der Waals surface area contributed by atoms with Crippen molar-refractivity contribution < 1.29 is 41.1 Å². The number of imide groups is 1. The number of nitrogens with zero attached hydrogens (tertiary/aromatic N) is 5. The number of amides is 3. The zero-order valence-corrected chi connectivity index (χ0v) is 30.1. The highest BCUT2D eigenvalue weighted by molar-refractivity contribution is 6.05. The van der Waals surface area contributed by atoms with E-state index >= 15 is 4.39 Å². The number of piperazine rings is 1. The molecule has 10 nitrogen and oxygen atoms in total. The van der Waals surface area contributed by atoms with E-state index in [0.29, 0.717) is 49.3 Å². The first-order valence-corrected chi connectivity index (χ1v) is 18.6. The molecule has 15 heteroatoms. The first kappa shape index (κ1) is 38.1. The summed E-state index contributed by atoms with van der Waals surface area (Å²) in [6, 6.07) is 13.5. The molecule has 0 spiro atoms. The van der Waals surface area contributed by atoms with Gasteiger partial charge in [0, 0.05) is 69.6 Å². The minimum absolute atomic E-state index is 0.182. The van der Waals surface area contributed by atoms with Crippen molar-refractivity contribution >= 4 is 29.1 Å². The van der Waals surface area contributed by atoms with Gasteiger partial charge in [0.15, 0.2) is 5.82 Å². The summed E-state index contributed by atoms with van der Waals surface area (Å²) in [6.45, 7) is 5.55. The summed E-state index contributed by atoms with van der Waals surface area (Å²) in [6.07, 6.45) is -1.92. The molecule has 0 radical (unpaired) electrons. The maximum Gasteiger partial charge on any atom is 0.420 e. The van der Waals surface area contributed by atoms with Gasteiger partial charge in [-0.3, -0.25) is 24.6 Å². The molecule has 1 atom stereocenters. The average molecular weight is 765 g/mol. The number of hydrogen-bond acceptors (Lipinski definition) is 8. The smallest absolute Gasteiger partial charge is 0.420 e. The largest absolute Gasteiger partial charge is 0.493 e. The van der Waals surface area contributed by atoms with Gasteiger partial charge < -0.3 is 19.4 Å². The van der Waals surface area contributed by atoms with Gasteiger partial charge in [-0.05, 0) is 92.1 Å². The number of benzene rings is 3. The van der Waals surface area contributed by atoms with Gasteiger partial charge in [0.05, 0.1) is 23.9 Å². The van der Waals surface area contributed by atoms with Gasteiger partial charge in [0.1, 0.15) is 23.2 Å². The van der Waals surface area contributed by atoms with E-state index in [1.54, 1.807) is 17.0 Å². The zero-order chi connectivity index (χ0) is 38.9. The van der Waals surface area contributed by atoms with Crippen LogP contribution in [0.2, 0.25) is 0 Å². The van der Waals surface area contributed by atoms with Gasteiger partial charge in [-0.2, -0.15) is 18.4 Å². The Kier molecular flexibility index (Phi) is 11.0. The predicted octanol–water partition coefficient (Wildman–Crippen LogP) is 5.98. The van der Waals surface area contributed by atoms with E-state index in [9.17, 15) is 31.9 Å². The number of carbonyl (C=O) groups excluding carboxylic acids is 3. The van der Waals surface area contributed by atoms with Crippen molar-refractivity contribution in [2.45, 2.75) is 63.2 Å². The van der Waals surface area contributed by atoms with Gasteiger partial charge in [0.2, 0.25) is 11.8 Å². The number of unbranched alkanes of at least 4 members (excludes halogenated alkanes) is 1. The minimum atomic E-state index is -5.00. The van der Waals surface area contributed by atoms with Gasteiger partial charge in [0.25, 0.3) is 5.91 Å². The third kappa shape index (κ3) is 8.10. The number of alkyl halides is 3.